The molecule has 1 atom stereocenters. The van der Waals surface area contributed by atoms with Gasteiger partial charge in [-0.2, -0.15) is 0 Å². The number of likely N-dealkylation sites (N-methyl/N-ethyl adjacent to an activating group) is 1. The molecule has 108 valence electrons. The summed E-state index contributed by atoms with van der Waals surface area (Å²) in [4.78, 5) is 14.1. The molecule has 2 aliphatic heterocycles. The molecule has 2 fully saturated rings. The van der Waals surface area contributed by atoms with E-state index < -0.39 is 0 Å². The third-order valence-corrected chi connectivity index (χ3v) is 3.32. The van der Waals surface area contributed by atoms with Gasteiger partial charge in [-0.1, -0.05) is 6.92 Å². The monoisotopic (exact) mass is 299 g/mol. The average Bonchev–Trinajstić information content (AvgIpc) is 2.27. The zero-order valence-electron chi connectivity index (χ0n) is 10.7. The predicted molar refractivity (Wildman–Crippen MR) is 75.7 cm³/mol. The van der Waals surface area contributed by atoms with Gasteiger partial charge in [0.25, 0.3) is 0 Å². The molecule has 18 heavy (non-hydrogen) atoms. The molecule has 0 aromatic rings. The van der Waals surface area contributed by atoms with E-state index in [2.05, 4.69) is 22.5 Å². The fourth-order valence-electron chi connectivity index (χ4n) is 2.00. The molecule has 0 aliphatic carbocycles. The number of ether oxygens (including phenoxy) is 1. The molecule has 0 bridgehead atoms. The normalized spacial score (nSPS) is 24.4. The second kappa shape index (κ2) is 8.93. The van der Waals surface area contributed by atoms with Crippen molar-refractivity contribution in [3.8, 4) is 0 Å². The van der Waals surface area contributed by atoms with Gasteiger partial charge < -0.3 is 15.4 Å². The Kier molecular flexibility index (Phi) is 8.90. The first-order chi connectivity index (χ1) is 7.79. The fourth-order valence-corrected chi connectivity index (χ4v) is 2.00. The summed E-state index contributed by atoms with van der Waals surface area (Å²) in [6.07, 6.45) is -0.276. The highest BCUT2D eigenvalue weighted by atomic mass is 35.5. The summed E-state index contributed by atoms with van der Waals surface area (Å²) < 4.78 is 5.49. The number of rotatable bonds is 4. The second-order valence-electron chi connectivity index (χ2n) is 4.52. The summed E-state index contributed by atoms with van der Waals surface area (Å²) in [5, 5.41) is 6.16. The van der Waals surface area contributed by atoms with Gasteiger partial charge in [-0.3, -0.25) is 9.69 Å². The van der Waals surface area contributed by atoms with E-state index in [1.807, 2.05) is 0 Å². The van der Waals surface area contributed by atoms with Gasteiger partial charge in [0.1, 0.15) is 6.10 Å². The topological polar surface area (TPSA) is 53.6 Å². The highest BCUT2D eigenvalue weighted by Gasteiger charge is 2.26. The maximum atomic E-state index is 11.8. The van der Waals surface area contributed by atoms with Crippen molar-refractivity contribution >= 4 is 30.7 Å². The second-order valence-corrected chi connectivity index (χ2v) is 4.52. The SMILES string of the molecule is CCN1CCOC(C(=O)NCC2CNC2)C1.Cl.Cl. The van der Waals surface area contributed by atoms with Crippen LogP contribution in [0.5, 0.6) is 0 Å². The maximum Gasteiger partial charge on any atom is 0.250 e. The Hall–Kier alpha value is -0.0700. The van der Waals surface area contributed by atoms with Crippen LogP contribution >= 0.6 is 24.8 Å². The van der Waals surface area contributed by atoms with Crippen LogP contribution in [-0.2, 0) is 9.53 Å². The highest BCUT2D eigenvalue weighted by Crippen LogP contribution is 2.06. The third kappa shape index (κ3) is 4.90. The van der Waals surface area contributed by atoms with E-state index in [1.165, 1.54) is 0 Å². The van der Waals surface area contributed by atoms with E-state index >= 15 is 0 Å². The molecular formula is C11H23Cl2N3O2. The molecule has 1 amide bonds. The third-order valence-electron chi connectivity index (χ3n) is 3.32. The lowest BCUT2D eigenvalue weighted by Crippen LogP contribution is -2.53. The Morgan fingerprint density at radius 3 is 2.72 bits per heavy atom. The number of halogens is 2. The average molecular weight is 300 g/mol. The molecule has 2 aliphatic rings. The first-order valence-electron chi connectivity index (χ1n) is 6.12. The molecule has 0 spiro atoms. The largest absolute Gasteiger partial charge is 0.366 e. The number of hydrogen-bond acceptors (Lipinski definition) is 4. The van der Waals surface area contributed by atoms with Crippen molar-refractivity contribution in [2.45, 2.75) is 13.0 Å². The number of hydrogen-bond donors (Lipinski definition) is 2. The molecule has 1 unspecified atom stereocenters. The van der Waals surface area contributed by atoms with E-state index in [9.17, 15) is 4.79 Å². The molecule has 5 nitrogen and oxygen atoms in total. The van der Waals surface area contributed by atoms with Crippen molar-refractivity contribution in [2.24, 2.45) is 5.92 Å². The molecule has 0 saturated carbocycles. The zero-order valence-corrected chi connectivity index (χ0v) is 12.3. The minimum Gasteiger partial charge on any atom is -0.366 e. The molecule has 0 aromatic heterocycles. The van der Waals surface area contributed by atoms with Gasteiger partial charge in [0, 0.05) is 38.6 Å². The summed E-state index contributed by atoms with van der Waals surface area (Å²) in [6.45, 7) is 8.24. The molecular weight excluding hydrogens is 277 g/mol. The van der Waals surface area contributed by atoms with Gasteiger partial charge in [-0.15, -0.1) is 24.8 Å². The van der Waals surface area contributed by atoms with Crippen LogP contribution < -0.4 is 10.6 Å². The molecule has 2 N–H and O–H groups in total. The van der Waals surface area contributed by atoms with Crippen molar-refractivity contribution in [3.05, 3.63) is 0 Å². The minimum absolute atomic E-state index is 0. The summed E-state index contributed by atoms with van der Waals surface area (Å²) in [7, 11) is 0. The predicted octanol–water partition coefficient (Wildman–Crippen LogP) is -0.114. The van der Waals surface area contributed by atoms with Crippen LogP contribution in [0.1, 0.15) is 6.92 Å². The van der Waals surface area contributed by atoms with Gasteiger partial charge >= 0.3 is 0 Å². The van der Waals surface area contributed by atoms with Crippen LogP contribution in [-0.4, -0.2) is 62.8 Å². The Morgan fingerprint density at radius 2 is 2.17 bits per heavy atom. The van der Waals surface area contributed by atoms with E-state index in [1.54, 1.807) is 0 Å². The molecule has 7 heteroatoms. The Morgan fingerprint density at radius 1 is 1.44 bits per heavy atom. The Bertz CT molecular complexity index is 252. The highest BCUT2D eigenvalue weighted by molar-refractivity contribution is 5.85. The van der Waals surface area contributed by atoms with Crippen LogP contribution in [0.4, 0.5) is 0 Å². The number of nitrogens with zero attached hydrogens (tertiary/aromatic N) is 1. The van der Waals surface area contributed by atoms with Crippen molar-refractivity contribution < 1.29 is 9.53 Å². The molecule has 2 saturated heterocycles. The molecule has 2 rings (SSSR count). The van der Waals surface area contributed by atoms with Crippen molar-refractivity contribution in [1.29, 1.82) is 0 Å². The zero-order chi connectivity index (χ0) is 11.4. The fraction of sp³-hybridized carbons (Fsp3) is 0.909. The van der Waals surface area contributed by atoms with E-state index in [0.717, 1.165) is 39.3 Å². The van der Waals surface area contributed by atoms with E-state index in [-0.39, 0.29) is 36.8 Å². The molecule has 2 heterocycles. The number of carbonyl (C=O) groups excluding carboxylic acids is 1. The number of nitrogens with one attached hydrogen (secondary N) is 2. The number of morpholine rings is 1. The van der Waals surface area contributed by atoms with Gasteiger partial charge in [-0.25, -0.2) is 0 Å². The van der Waals surface area contributed by atoms with Gasteiger partial charge in [-0.05, 0) is 6.54 Å². The van der Waals surface area contributed by atoms with Gasteiger partial charge in [0.2, 0.25) is 5.91 Å². The van der Waals surface area contributed by atoms with Crippen molar-refractivity contribution in [3.63, 3.8) is 0 Å². The maximum absolute atomic E-state index is 11.8. The minimum atomic E-state index is -0.276. The van der Waals surface area contributed by atoms with Crippen LogP contribution in [0.3, 0.4) is 0 Å². The summed E-state index contributed by atoms with van der Waals surface area (Å²) in [6, 6.07) is 0. The van der Waals surface area contributed by atoms with Crippen LogP contribution in [0, 0.1) is 5.92 Å². The first-order valence-corrected chi connectivity index (χ1v) is 6.12. The lowest BCUT2D eigenvalue weighted by atomic mass is 10.0. The van der Waals surface area contributed by atoms with Crippen LogP contribution in [0.2, 0.25) is 0 Å². The standard InChI is InChI=1S/C11H21N3O2.2ClH/c1-2-14-3-4-16-10(8-14)11(15)13-7-9-5-12-6-9;;/h9-10,12H,2-8H2,1H3,(H,13,15);2*1H. The van der Waals surface area contributed by atoms with Crippen LogP contribution in [0.25, 0.3) is 0 Å². The van der Waals surface area contributed by atoms with E-state index in [0.29, 0.717) is 12.5 Å². The first kappa shape index (κ1) is 17.9. The summed E-state index contributed by atoms with van der Waals surface area (Å²) in [5.41, 5.74) is 0. The van der Waals surface area contributed by atoms with Gasteiger partial charge in [0.15, 0.2) is 0 Å². The number of amides is 1. The van der Waals surface area contributed by atoms with Crippen molar-refractivity contribution in [1.82, 2.24) is 15.5 Å². The Balaban J connectivity index is 0.00000144. The molecule has 0 aromatic carbocycles. The quantitative estimate of drug-likeness (QED) is 0.760. The van der Waals surface area contributed by atoms with E-state index in [4.69, 9.17) is 4.74 Å². The summed E-state index contributed by atoms with van der Waals surface area (Å²) in [5.74, 6) is 0.653. The lowest BCUT2D eigenvalue weighted by Gasteiger charge is -2.32. The number of carbonyl (C=O) groups is 1. The van der Waals surface area contributed by atoms with Crippen LogP contribution in [0.15, 0.2) is 0 Å². The summed E-state index contributed by atoms with van der Waals surface area (Å²) >= 11 is 0. The lowest BCUT2D eigenvalue weighted by molar-refractivity contribution is -0.138. The smallest absolute Gasteiger partial charge is 0.250 e. The Labute approximate surface area is 121 Å². The van der Waals surface area contributed by atoms with Crippen molar-refractivity contribution in [2.75, 3.05) is 45.9 Å². The molecule has 0 radical (unpaired) electrons. The van der Waals surface area contributed by atoms with Gasteiger partial charge in [0.05, 0.1) is 6.61 Å².